The van der Waals surface area contributed by atoms with Crippen molar-refractivity contribution >= 4 is 52.8 Å². The average Bonchev–Trinajstić information content (AvgIpc) is 2.49. The number of carbonyl (C=O) groups excluding carboxylic acids is 3. The molecule has 0 radical (unpaired) electrons. The molecular formula is C15H15Cl2NO5. The van der Waals surface area contributed by atoms with E-state index in [-0.39, 0.29) is 27.9 Å². The van der Waals surface area contributed by atoms with Crippen LogP contribution in [-0.4, -0.2) is 37.7 Å². The van der Waals surface area contributed by atoms with Crippen molar-refractivity contribution in [2.75, 3.05) is 13.7 Å². The van der Waals surface area contributed by atoms with E-state index in [1.165, 1.54) is 26.2 Å². The number of hydrogen-bond donors (Lipinski definition) is 0. The summed E-state index contributed by atoms with van der Waals surface area (Å²) in [6, 6.07) is 2.73. The first-order chi connectivity index (χ1) is 10.8. The predicted molar refractivity (Wildman–Crippen MR) is 86.8 cm³/mol. The number of esters is 2. The number of ketones is 1. The molecule has 0 saturated heterocycles. The molecule has 1 aromatic carbocycles. The van der Waals surface area contributed by atoms with Crippen LogP contribution in [0.3, 0.4) is 0 Å². The van der Waals surface area contributed by atoms with Crippen LogP contribution in [0.15, 0.2) is 17.1 Å². The largest absolute Gasteiger partial charge is 0.465 e. The van der Waals surface area contributed by atoms with Crippen molar-refractivity contribution in [1.82, 2.24) is 0 Å². The average molecular weight is 360 g/mol. The normalized spacial score (nSPS) is 12.0. The van der Waals surface area contributed by atoms with Crippen LogP contribution >= 0.6 is 23.2 Å². The van der Waals surface area contributed by atoms with Crippen molar-refractivity contribution in [3.05, 3.63) is 27.7 Å². The Labute approximate surface area is 143 Å². The van der Waals surface area contributed by atoms with Crippen LogP contribution in [0.5, 0.6) is 0 Å². The highest BCUT2D eigenvalue weighted by Gasteiger charge is 2.23. The molecule has 0 N–H and O–H groups in total. The highest BCUT2D eigenvalue weighted by Crippen LogP contribution is 2.32. The summed E-state index contributed by atoms with van der Waals surface area (Å²) in [5, 5.41) is 0.209. The summed E-state index contributed by atoms with van der Waals surface area (Å²) in [4.78, 5) is 38.9. The van der Waals surface area contributed by atoms with Crippen molar-refractivity contribution in [2.45, 2.75) is 13.8 Å². The first-order valence-electron chi connectivity index (χ1n) is 6.60. The van der Waals surface area contributed by atoms with E-state index in [0.717, 1.165) is 6.21 Å². The molecule has 0 aliphatic rings. The van der Waals surface area contributed by atoms with Gasteiger partial charge in [0.15, 0.2) is 5.92 Å². The van der Waals surface area contributed by atoms with Gasteiger partial charge in [0, 0.05) is 11.2 Å². The number of benzene rings is 1. The molecule has 0 aromatic heterocycles. The number of carbonyl (C=O) groups is 3. The van der Waals surface area contributed by atoms with E-state index in [0.29, 0.717) is 0 Å². The molecule has 0 aliphatic carbocycles. The maximum Gasteiger partial charge on any atom is 0.339 e. The van der Waals surface area contributed by atoms with Gasteiger partial charge in [-0.15, -0.1) is 0 Å². The Hall–Kier alpha value is -1.92. The van der Waals surface area contributed by atoms with Gasteiger partial charge in [-0.2, -0.15) is 0 Å². The van der Waals surface area contributed by atoms with E-state index in [9.17, 15) is 14.4 Å². The molecule has 0 aliphatic heterocycles. The third-order valence-corrected chi connectivity index (χ3v) is 3.38. The molecule has 0 fully saturated rings. The molecule has 0 spiro atoms. The molecule has 0 bridgehead atoms. The SMILES string of the molecule is CCOC(=O)C(C=Nc1cc(Cl)cc(C(=O)OC)c1Cl)C(C)=O. The lowest BCUT2D eigenvalue weighted by atomic mass is 10.1. The topological polar surface area (TPSA) is 82.0 Å². The van der Waals surface area contributed by atoms with E-state index >= 15 is 0 Å². The van der Waals surface area contributed by atoms with E-state index in [1.807, 2.05) is 0 Å². The van der Waals surface area contributed by atoms with Crippen molar-refractivity contribution in [3.8, 4) is 0 Å². The number of ether oxygens (including phenoxy) is 2. The molecular weight excluding hydrogens is 345 g/mol. The third-order valence-electron chi connectivity index (χ3n) is 2.76. The Kier molecular flexibility index (Phi) is 7.19. The molecule has 8 heteroatoms. The molecule has 6 nitrogen and oxygen atoms in total. The number of methoxy groups -OCH3 is 1. The fourth-order valence-electron chi connectivity index (χ4n) is 1.65. The first kappa shape index (κ1) is 19.1. The Bertz CT molecular complexity index is 658. The van der Waals surface area contributed by atoms with Crippen molar-refractivity contribution < 1.29 is 23.9 Å². The molecule has 0 heterocycles. The number of nitrogens with zero attached hydrogens (tertiary/aromatic N) is 1. The zero-order valence-corrected chi connectivity index (χ0v) is 14.3. The van der Waals surface area contributed by atoms with Crippen LogP contribution in [-0.2, 0) is 19.1 Å². The summed E-state index contributed by atoms with van der Waals surface area (Å²) >= 11 is 12.0. The molecule has 124 valence electrons. The van der Waals surface area contributed by atoms with Crippen LogP contribution in [0.4, 0.5) is 5.69 Å². The summed E-state index contributed by atoms with van der Waals surface area (Å²) in [5.41, 5.74) is 0.166. The molecule has 1 unspecified atom stereocenters. The Morgan fingerprint density at radius 2 is 1.96 bits per heavy atom. The molecule has 0 amide bonds. The number of halogens is 2. The Morgan fingerprint density at radius 3 is 2.48 bits per heavy atom. The summed E-state index contributed by atoms with van der Waals surface area (Å²) < 4.78 is 9.40. The van der Waals surface area contributed by atoms with Gasteiger partial charge in [0.05, 0.1) is 30.0 Å². The van der Waals surface area contributed by atoms with E-state index < -0.39 is 23.6 Å². The van der Waals surface area contributed by atoms with Gasteiger partial charge in [-0.25, -0.2) is 4.79 Å². The van der Waals surface area contributed by atoms with Crippen LogP contribution in [0.1, 0.15) is 24.2 Å². The summed E-state index contributed by atoms with van der Waals surface area (Å²) in [6.07, 6.45) is 1.11. The van der Waals surface area contributed by atoms with Crippen molar-refractivity contribution in [2.24, 2.45) is 10.9 Å². The smallest absolute Gasteiger partial charge is 0.339 e. The second-order valence-corrected chi connectivity index (χ2v) is 5.21. The fourth-order valence-corrected chi connectivity index (χ4v) is 2.09. The second kappa shape index (κ2) is 8.64. The number of aliphatic imine (C=N–C) groups is 1. The number of Topliss-reactive ketones (excluding diaryl/α,β-unsaturated/α-hetero) is 1. The molecule has 1 rings (SSSR count). The molecule has 23 heavy (non-hydrogen) atoms. The number of hydrogen-bond acceptors (Lipinski definition) is 6. The quantitative estimate of drug-likeness (QED) is 0.442. The van der Waals surface area contributed by atoms with Gasteiger partial charge in [0.2, 0.25) is 0 Å². The monoisotopic (exact) mass is 359 g/mol. The highest BCUT2D eigenvalue weighted by atomic mass is 35.5. The lowest BCUT2D eigenvalue weighted by molar-refractivity contribution is -0.148. The maximum absolute atomic E-state index is 11.7. The van der Waals surface area contributed by atoms with Crippen LogP contribution < -0.4 is 0 Å². The lowest BCUT2D eigenvalue weighted by Gasteiger charge is -2.09. The Balaban J connectivity index is 3.20. The van der Waals surface area contributed by atoms with Crippen LogP contribution in [0, 0.1) is 5.92 Å². The molecule has 0 saturated carbocycles. The minimum Gasteiger partial charge on any atom is -0.465 e. The van der Waals surface area contributed by atoms with Gasteiger partial charge in [-0.3, -0.25) is 14.6 Å². The first-order valence-corrected chi connectivity index (χ1v) is 7.36. The van der Waals surface area contributed by atoms with E-state index in [2.05, 4.69) is 9.73 Å². The summed E-state index contributed by atoms with van der Waals surface area (Å²) in [7, 11) is 1.20. The standard InChI is InChI=1S/C15H15Cl2NO5/c1-4-23-15(21)11(8(2)19)7-18-12-6-9(16)5-10(13(12)17)14(20)22-3/h5-7,11H,4H2,1-3H3. The fraction of sp³-hybridized carbons (Fsp3) is 0.333. The lowest BCUT2D eigenvalue weighted by Crippen LogP contribution is -2.25. The van der Waals surface area contributed by atoms with Gasteiger partial charge in [-0.05, 0) is 26.0 Å². The van der Waals surface area contributed by atoms with Crippen LogP contribution in [0.2, 0.25) is 10.0 Å². The highest BCUT2D eigenvalue weighted by molar-refractivity contribution is 6.38. The van der Waals surface area contributed by atoms with Crippen molar-refractivity contribution in [3.63, 3.8) is 0 Å². The zero-order valence-electron chi connectivity index (χ0n) is 12.8. The van der Waals surface area contributed by atoms with E-state index in [4.69, 9.17) is 27.9 Å². The molecule has 1 atom stereocenters. The molecule has 1 aromatic rings. The Morgan fingerprint density at radius 1 is 1.30 bits per heavy atom. The third kappa shape index (κ3) is 5.04. The predicted octanol–water partition coefficient (Wildman–Crippen LogP) is 3.25. The van der Waals surface area contributed by atoms with Gasteiger partial charge in [0.1, 0.15) is 5.78 Å². The van der Waals surface area contributed by atoms with Crippen LogP contribution in [0.25, 0.3) is 0 Å². The van der Waals surface area contributed by atoms with Gasteiger partial charge >= 0.3 is 11.9 Å². The van der Waals surface area contributed by atoms with Crippen molar-refractivity contribution in [1.29, 1.82) is 0 Å². The number of rotatable bonds is 6. The van der Waals surface area contributed by atoms with E-state index in [1.54, 1.807) is 6.92 Å². The zero-order chi connectivity index (χ0) is 17.6. The second-order valence-electron chi connectivity index (χ2n) is 4.40. The summed E-state index contributed by atoms with van der Waals surface area (Å²) in [5.74, 6) is -2.98. The minimum absolute atomic E-state index is 0.00339. The minimum atomic E-state index is -1.16. The van der Waals surface area contributed by atoms with Gasteiger partial charge in [-0.1, -0.05) is 23.2 Å². The van der Waals surface area contributed by atoms with Gasteiger partial charge in [0.25, 0.3) is 0 Å². The maximum atomic E-state index is 11.7. The van der Waals surface area contributed by atoms with Gasteiger partial charge < -0.3 is 9.47 Å². The summed E-state index contributed by atoms with van der Waals surface area (Å²) in [6.45, 7) is 3.01.